The Kier molecular flexibility index (Phi) is 3.57. The van der Waals surface area contributed by atoms with E-state index in [4.69, 9.17) is 4.98 Å². The van der Waals surface area contributed by atoms with Crippen LogP contribution in [0, 0.1) is 19.7 Å². The molecule has 0 amide bonds. The quantitative estimate of drug-likeness (QED) is 0.514. The molecule has 134 valence electrons. The van der Waals surface area contributed by atoms with E-state index in [2.05, 4.69) is 26.7 Å². The summed E-state index contributed by atoms with van der Waals surface area (Å²) in [6, 6.07) is 9.93. The van der Waals surface area contributed by atoms with Crippen LogP contribution >= 0.6 is 0 Å². The van der Waals surface area contributed by atoms with Gasteiger partial charge >= 0.3 is 0 Å². The van der Waals surface area contributed by atoms with Gasteiger partial charge in [0, 0.05) is 36.5 Å². The predicted octanol–water partition coefficient (Wildman–Crippen LogP) is 4.86. The average Bonchev–Trinajstić information content (AvgIpc) is 3.26. The second kappa shape index (κ2) is 5.98. The van der Waals surface area contributed by atoms with Crippen LogP contribution in [-0.4, -0.2) is 19.5 Å². The van der Waals surface area contributed by atoms with Gasteiger partial charge in [0.1, 0.15) is 11.6 Å². The molecule has 0 saturated heterocycles. The third-order valence-electron chi connectivity index (χ3n) is 5.28. The molecule has 0 saturated carbocycles. The summed E-state index contributed by atoms with van der Waals surface area (Å²) in [6.07, 6.45) is 5.48. The second-order valence-electron chi connectivity index (χ2n) is 7.16. The Morgan fingerprint density at radius 1 is 0.926 bits per heavy atom. The predicted molar refractivity (Wildman–Crippen MR) is 104 cm³/mol. The van der Waals surface area contributed by atoms with Gasteiger partial charge in [-0.15, -0.1) is 0 Å². The average molecular weight is 358 g/mol. The van der Waals surface area contributed by atoms with Crippen molar-refractivity contribution in [3.8, 4) is 22.5 Å². The summed E-state index contributed by atoms with van der Waals surface area (Å²) in [4.78, 5) is 13.7. The Morgan fingerprint density at radius 2 is 1.67 bits per heavy atom. The largest absolute Gasteiger partial charge is 0.327 e. The summed E-state index contributed by atoms with van der Waals surface area (Å²) in [5.41, 5.74) is 7.06. The molecule has 0 N–H and O–H groups in total. The molecule has 0 unspecified atom stereocenters. The molecule has 4 aromatic rings. The van der Waals surface area contributed by atoms with Gasteiger partial charge in [-0.3, -0.25) is 9.97 Å². The fraction of sp³-hybridized carbons (Fsp3) is 0.227. The summed E-state index contributed by atoms with van der Waals surface area (Å²) in [5, 5.41) is 0. The molecule has 5 rings (SSSR count). The lowest BCUT2D eigenvalue weighted by molar-refractivity contribution is 0.609. The fourth-order valence-electron chi connectivity index (χ4n) is 4.01. The summed E-state index contributed by atoms with van der Waals surface area (Å²) in [7, 11) is 0. The van der Waals surface area contributed by atoms with Gasteiger partial charge in [0.15, 0.2) is 0 Å². The van der Waals surface area contributed by atoms with Gasteiger partial charge in [0.2, 0.25) is 0 Å². The van der Waals surface area contributed by atoms with Gasteiger partial charge in [0.05, 0.1) is 22.4 Å². The van der Waals surface area contributed by atoms with Crippen molar-refractivity contribution in [3.63, 3.8) is 0 Å². The topological polar surface area (TPSA) is 43.6 Å². The Labute approximate surface area is 156 Å². The molecule has 0 atom stereocenters. The molecule has 27 heavy (non-hydrogen) atoms. The van der Waals surface area contributed by atoms with E-state index in [1.165, 1.54) is 0 Å². The smallest absolute Gasteiger partial charge is 0.129 e. The number of aryl methyl sites for hydroxylation is 3. The first-order valence-electron chi connectivity index (χ1n) is 9.19. The lowest BCUT2D eigenvalue weighted by Crippen LogP contribution is -1.97. The standard InChI is InChI=1S/C22H19FN4/c1-13-10-16(11-14(2)20(13)23)21-22(27-9-3-4-19(27)26-21)15-5-6-17-18(12-15)25-8-7-24-17/h5-8,10-12H,3-4,9H2,1-2H3. The number of halogens is 1. The van der Waals surface area contributed by atoms with Crippen molar-refractivity contribution in [2.75, 3.05) is 0 Å². The third kappa shape index (κ3) is 2.53. The van der Waals surface area contributed by atoms with Gasteiger partial charge in [-0.2, -0.15) is 0 Å². The molecule has 4 nitrogen and oxygen atoms in total. The minimum atomic E-state index is -0.145. The van der Waals surface area contributed by atoms with Gasteiger partial charge in [-0.1, -0.05) is 6.07 Å². The van der Waals surface area contributed by atoms with Gasteiger partial charge in [0.25, 0.3) is 0 Å². The van der Waals surface area contributed by atoms with E-state index in [1.54, 1.807) is 26.2 Å². The lowest BCUT2D eigenvalue weighted by atomic mass is 10.00. The van der Waals surface area contributed by atoms with Crippen molar-refractivity contribution in [2.24, 2.45) is 0 Å². The minimum Gasteiger partial charge on any atom is -0.327 e. The van der Waals surface area contributed by atoms with Crippen molar-refractivity contribution in [1.29, 1.82) is 0 Å². The fourth-order valence-corrected chi connectivity index (χ4v) is 4.01. The highest BCUT2D eigenvalue weighted by Crippen LogP contribution is 2.37. The van der Waals surface area contributed by atoms with E-state index < -0.39 is 0 Å². The first-order chi connectivity index (χ1) is 13.1. The number of rotatable bonds is 2. The summed E-state index contributed by atoms with van der Waals surface area (Å²) < 4.78 is 16.4. The van der Waals surface area contributed by atoms with Crippen molar-refractivity contribution in [3.05, 3.63) is 65.5 Å². The Hall–Kier alpha value is -3.08. The molecule has 1 aliphatic heterocycles. The third-order valence-corrected chi connectivity index (χ3v) is 5.28. The zero-order chi connectivity index (χ0) is 18.5. The van der Waals surface area contributed by atoms with Crippen LogP contribution in [0.25, 0.3) is 33.5 Å². The monoisotopic (exact) mass is 358 g/mol. The molecule has 2 aromatic carbocycles. The molecular formula is C22H19FN4. The van der Waals surface area contributed by atoms with E-state index in [0.29, 0.717) is 11.1 Å². The highest BCUT2D eigenvalue weighted by atomic mass is 19.1. The molecule has 0 fully saturated rings. The maximum Gasteiger partial charge on any atom is 0.129 e. The van der Waals surface area contributed by atoms with Crippen molar-refractivity contribution in [1.82, 2.24) is 19.5 Å². The highest BCUT2D eigenvalue weighted by Gasteiger charge is 2.24. The van der Waals surface area contributed by atoms with Gasteiger partial charge < -0.3 is 4.57 Å². The molecule has 3 heterocycles. The minimum absolute atomic E-state index is 0.145. The SMILES string of the molecule is Cc1cc(-c2nc3n(c2-c2ccc4nccnc4c2)CCC3)cc(C)c1F. The molecular weight excluding hydrogens is 339 g/mol. The lowest BCUT2D eigenvalue weighted by Gasteiger charge is -2.11. The van der Waals surface area contributed by atoms with Crippen LogP contribution in [0.15, 0.2) is 42.7 Å². The second-order valence-corrected chi connectivity index (χ2v) is 7.16. The zero-order valence-corrected chi connectivity index (χ0v) is 15.3. The van der Waals surface area contributed by atoms with E-state index in [9.17, 15) is 4.39 Å². The normalized spacial score (nSPS) is 13.3. The van der Waals surface area contributed by atoms with E-state index >= 15 is 0 Å². The number of imidazole rings is 1. The molecule has 0 bridgehead atoms. The number of hydrogen-bond donors (Lipinski definition) is 0. The summed E-state index contributed by atoms with van der Waals surface area (Å²) >= 11 is 0. The number of aromatic nitrogens is 4. The zero-order valence-electron chi connectivity index (χ0n) is 15.3. The van der Waals surface area contributed by atoms with E-state index in [-0.39, 0.29) is 5.82 Å². The highest BCUT2D eigenvalue weighted by molar-refractivity contribution is 5.86. The number of nitrogens with zero attached hydrogens (tertiary/aromatic N) is 4. The van der Waals surface area contributed by atoms with E-state index in [1.807, 2.05) is 18.2 Å². The number of hydrogen-bond acceptors (Lipinski definition) is 3. The van der Waals surface area contributed by atoms with E-state index in [0.717, 1.165) is 58.8 Å². The van der Waals surface area contributed by atoms with Gasteiger partial charge in [-0.25, -0.2) is 9.37 Å². The first kappa shape index (κ1) is 16.1. The summed E-state index contributed by atoms with van der Waals surface area (Å²) in [6.45, 7) is 4.57. The number of fused-ring (bicyclic) bond motifs is 2. The summed E-state index contributed by atoms with van der Waals surface area (Å²) in [5.74, 6) is 0.951. The van der Waals surface area contributed by atoms with Crippen molar-refractivity contribution < 1.29 is 4.39 Å². The maximum atomic E-state index is 14.1. The van der Waals surface area contributed by atoms with Crippen LogP contribution in [0.3, 0.4) is 0 Å². The van der Waals surface area contributed by atoms with Crippen LogP contribution in [0.1, 0.15) is 23.4 Å². The van der Waals surface area contributed by atoms with Crippen LogP contribution in [-0.2, 0) is 13.0 Å². The van der Waals surface area contributed by atoms with Gasteiger partial charge in [-0.05, 0) is 55.7 Å². The van der Waals surface area contributed by atoms with Crippen LogP contribution in [0.5, 0.6) is 0 Å². The van der Waals surface area contributed by atoms with Crippen LogP contribution in [0.4, 0.5) is 4.39 Å². The molecule has 0 spiro atoms. The molecule has 5 heteroatoms. The molecule has 1 aliphatic rings. The Bertz CT molecular complexity index is 1170. The maximum absolute atomic E-state index is 14.1. The van der Waals surface area contributed by atoms with Crippen LogP contribution < -0.4 is 0 Å². The Morgan fingerprint density at radius 3 is 2.44 bits per heavy atom. The molecule has 0 aliphatic carbocycles. The van der Waals surface area contributed by atoms with Crippen molar-refractivity contribution in [2.45, 2.75) is 33.2 Å². The number of benzene rings is 2. The molecule has 2 aromatic heterocycles. The van der Waals surface area contributed by atoms with Crippen molar-refractivity contribution >= 4 is 11.0 Å². The first-order valence-corrected chi connectivity index (χ1v) is 9.19. The van der Waals surface area contributed by atoms with Crippen LogP contribution in [0.2, 0.25) is 0 Å². The molecule has 0 radical (unpaired) electrons. The Balaban J connectivity index is 1.76.